The number of aryl methyl sites for hydroxylation is 1. The van der Waals surface area contributed by atoms with E-state index < -0.39 is 0 Å². The van der Waals surface area contributed by atoms with Crippen LogP contribution in [0.2, 0.25) is 0 Å². The number of aromatic nitrogens is 2. The first-order valence-electron chi connectivity index (χ1n) is 7.04. The average Bonchev–Trinajstić information content (AvgIpc) is 2.80. The second kappa shape index (κ2) is 5.41. The van der Waals surface area contributed by atoms with E-state index in [1.165, 1.54) is 25.7 Å². The Bertz CT molecular complexity index is 373. The second-order valence-electron chi connectivity index (χ2n) is 6.22. The topological polar surface area (TPSA) is 55.9 Å². The first-order valence-corrected chi connectivity index (χ1v) is 7.04. The molecule has 1 atom stereocenters. The molecule has 18 heavy (non-hydrogen) atoms. The number of nitrogens with zero attached hydrogens (tertiary/aromatic N) is 2. The minimum atomic E-state index is 0.191. The molecule has 0 radical (unpaired) electrons. The zero-order valence-electron chi connectivity index (χ0n) is 11.8. The van der Waals surface area contributed by atoms with Crippen LogP contribution in [0.1, 0.15) is 58.3 Å². The molecule has 4 heteroatoms. The van der Waals surface area contributed by atoms with Gasteiger partial charge in [0.25, 0.3) is 0 Å². The van der Waals surface area contributed by atoms with Crippen LogP contribution in [0.25, 0.3) is 0 Å². The Morgan fingerprint density at radius 2 is 2.17 bits per heavy atom. The maximum Gasteiger partial charge on any atom is 0.127 e. The van der Waals surface area contributed by atoms with Gasteiger partial charge in [-0.2, -0.15) is 0 Å². The molecular weight excluding hydrogens is 224 g/mol. The Morgan fingerprint density at radius 1 is 1.50 bits per heavy atom. The average molecular weight is 250 g/mol. The molecule has 102 valence electrons. The summed E-state index contributed by atoms with van der Waals surface area (Å²) in [4.78, 5) is 4.49. The van der Waals surface area contributed by atoms with Gasteiger partial charge < -0.3 is 4.57 Å². The molecular formula is C14H26N4. The van der Waals surface area contributed by atoms with Crippen molar-refractivity contribution in [1.82, 2.24) is 15.0 Å². The third-order valence-electron chi connectivity index (χ3n) is 4.40. The summed E-state index contributed by atoms with van der Waals surface area (Å²) in [5, 5.41) is 0. The van der Waals surface area contributed by atoms with Gasteiger partial charge in [-0.15, -0.1) is 0 Å². The third-order valence-corrected chi connectivity index (χ3v) is 4.40. The highest BCUT2D eigenvalue weighted by molar-refractivity contribution is 5.02. The van der Waals surface area contributed by atoms with Gasteiger partial charge in [0.1, 0.15) is 5.82 Å². The van der Waals surface area contributed by atoms with Crippen LogP contribution in [0.4, 0.5) is 0 Å². The van der Waals surface area contributed by atoms with E-state index in [2.05, 4.69) is 35.7 Å². The molecule has 3 N–H and O–H groups in total. The summed E-state index contributed by atoms with van der Waals surface area (Å²) in [7, 11) is 0. The lowest BCUT2D eigenvalue weighted by atomic mass is 9.71. The van der Waals surface area contributed by atoms with Crippen LogP contribution in [-0.2, 0) is 6.54 Å². The fourth-order valence-corrected chi connectivity index (χ4v) is 3.04. The van der Waals surface area contributed by atoms with Crippen molar-refractivity contribution in [3.63, 3.8) is 0 Å². The highest BCUT2D eigenvalue weighted by atomic mass is 15.3. The molecule has 0 spiro atoms. The first-order chi connectivity index (χ1) is 8.57. The van der Waals surface area contributed by atoms with Gasteiger partial charge in [-0.1, -0.05) is 13.8 Å². The minimum Gasteiger partial charge on any atom is -0.334 e. The number of rotatable bonds is 4. The van der Waals surface area contributed by atoms with Gasteiger partial charge in [-0.25, -0.2) is 10.4 Å². The van der Waals surface area contributed by atoms with E-state index in [1.807, 2.05) is 12.4 Å². The molecule has 0 bridgehead atoms. The van der Waals surface area contributed by atoms with Crippen LogP contribution >= 0.6 is 0 Å². The number of nitrogens with two attached hydrogens (primary N) is 1. The van der Waals surface area contributed by atoms with Crippen LogP contribution in [0.3, 0.4) is 0 Å². The molecule has 1 saturated carbocycles. The lowest BCUT2D eigenvalue weighted by Gasteiger charge is -2.37. The SMILES string of the molecule is CCn1ccnc1C(NN)C1CCC(C)(C)CC1. The zero-order chi connectivity index (χ0) is 13.2. The first kappa shape index (κ1) is 13.6. The normalized spacial score (nSPS) is 22.0. The molecule has 0 saturated heterocycles. The van der Waals surface area contributed by atoms with Crippen molar-refractivity contribution in [1.29, 1.82) is 0 Å². The highest BCUT2D eigenvalue weighted by Gasteiger charge is 2.33. The van der Waals surface area contributed by atoms with Gasteiger partial charge in [0.05, 0.1) is 6.04 Å². The van der Waals surface area contributed by atoms with E-state index in [1.54, 1.807) is 0 Å². The zero-order valence-corrected chi connectivity index (χ0v) is 11.8. The largest absolute Gasteiger partial charge is 0.334 e. The predicted molar refractivity (Wildman–Crippen MR) is 73.7 cm³/mol. The van der Waals surface area contributed by atoms with Gasteiger partial charge in [0.2, 0.25) is 0 Å². The Kier molecular flexibility index (Phi) is 4.07. The van der Waals surface area contributed by atoms with E-state index in [0.29, 0.717) is 11.3 Å². The Hall–Kier alpha value is -0.870. The summed E-state index contributed by atoms with van der Waals surface area (Å²) in [5.41, 5.74) is 3.49. The van der Waals surface area contributed by atoms with E-state index in [9.17, 15) is 0 Å². The third kappa shape index (κ3) is 2.75. The van der Waals surface area contributed by atoms with Crippen molar-refractivity contribution in [2.75, 3.05) is 0 Å². The van der Waals surface area contributed by atoms with Crippen molar-refractivity contribution in [2.45, 2.75) is 59.0 Å². The molecule has 1 fully saturated rings. The summed E-state index contributed by atoms with van der Waals surface area (Å²) in [5.74, 6) is 7.48. The molecule has 1 aliphatic carbocycles. The van der Waals surface area contributed by atoms with Crippen LogP contribution < -0.4 is 11.3 Å². The molecule has 0 aromatic carbocycles. The van der Waals surface area contributed by atoms with Gasteiger partial charge in [-0.3, -0.25) is 5.84 Å². The van der Waals surface area contributed by atoms with Crippen molar-refractivity contribution < 1.29 is 0 Å². The number of hydrogen-bond donors (Lipinski definition) is 2. The van der Waals surface area contributed by atoms with E-state index in [-0.39, 0.29) is 6.04 Å². The van der Waals surface area contributed by atoms with Gasteiger partial charge in [0, 0.05) is 18.9 Å². The molecule has 1 aliphatic rings. The second-order valence-corrected chi connectivity index (χ2v) is 6.22. The smallest absolute Gasteiger partial charge is 0.127 e. The lowest BCUT2D eigenvalue weighted by molar-refractivity contribution is 0.157. The van der Waals surface area contributed by atoms with Gasteiger partial charge in [0.15, 0.2) is 0 Å². The molecule has 1 aromatic rings. The van der Waals surface area contributed by atoms with E-state index >= 15 is 0 Å². The Labute approximate surface area is 110 Å². The van der Waals surface area contributed by atoms with Crippen molar-refractivity contribution in [3.8, 4) is 0 Å². The van der Waals surface area contributed by atoms with E-state index in [0.717, 1.165) is 12.4 Å². The molecule has 1 heterocycles. The van der Waals surface area contributed by atoms with E-state index in [4.69, 9.17) is 5.84 Å². The van der Waals surface area contributed by atoms with Crippen LogP contribution in [0.5, 0.6) is 0 Å². The Morgan fingerprint density at radius 3 is 2.72 bits per heavy atom. The fraction of sp³-hybridized carbons (Fsp3) is 0.786. The quantitative estimate of drug-likeness (QED) is 0.638. The maximum atomic E-state index is 5.78. The number of hydrogen-bond acceptors (Lipinski definition) is 3. The molecule has 0 aliphatic heterocycles. The highest BCUT2D eigenvalue weighted by Crippen LogP contribution is 2.42. The molecule has 2 rings (SSSR count). The minimum absolute atomic E-state index is 0.191. The summed E-state index contributed by atoms with van der Waals surface area (Å²) < 4.78 is 2.18. The monoisotopic (exact) mass is 250 g/mol. The fourth-order valence-electron chi connectivity index (χ4n) is 3.04. The number of hydrazine groups is 1. The van der Waals surface area contributed by atoms with Crippen LogP contribution in [-0.4, -0.2) is 9.55 Å². The lowest BCUT2D eigenvalue weighted by Crippen LogP contribution is -2.38. The van der Waals surface area contributed by atoms with Crippen molar-refractivity contribution in [3.05, 3.63) is 18.2 Å². The maximum absolute atomic E-state index is 5.78. The number of nitrogens with one attached hydrogen (secondary N) is 1. The summed E-state index contributed by atoms with van der Waals surface area (Å²) >= 11 is 0. The summed E-state index contributed by atoms with van der Waals surface area (Å²) in [6, 6.07) is 0.191. The van der Waals surface area contributed by atoms with Crippen molar-refractivity contribution in [2.24, 2.45) is 17.2 Å². The summed E-state index contributed by atoms with van der Waals surface area (Å²) in [6.45, 7) is 7.82. The number of imidazole rings is 1. The molecule has 1 aromatic heterocycles. The van der Waals surface area contributed by atoms with Crippen LogP contribution in [0, 0.1) is 11.3 Å². The summed E-state index contributed by atoms with van der Waals surface area (Å²) in [6.07, 6.45) is 8.94. The molecule has 0 amide bonds. The van der Waals surface area contributed by atoms with Crippen molar-refractivity contribution >= 4 is 0 Å². The molecule has 4 nitrogen and oxygen atoms in total. The van der Waals surface area contributed by atoms with Gasteiger partial charge in [-0.05, 0) is 43.9 Å². The predicted octanol–water partition coefficient (Wildman–Crippen LogP) is 2.62. The Balaban J connectivity index is 2.10. The standard InChI is InChI=1S/C14H26N4/c1-4-18-10-9-16-13(18)12(17-15)11-5-7-14(2,3)8-6-11/h9-12,17H,4-8,15H2,1-3H3. The molecule has 1 unspecified atom stereocenters. The van der Waals surface area contributed by atoms with Gasteiger partial charge >= 0.3 is 0 Å². The van der Waals surface area contributed by atoms with Crippen LogP contribution in [0.15, 0.2) is 12.4 Å².